The predicted octanol–water partition coefficient (Wildman–Crippen LogP) is 1.74. The fourth-order valence-corrected chi connectivity index (χ4v) is 3.22. The molecule has 2 rings (SSSR count). The molecule has 0 radical (unpaired) electrons. The van der Waals surface area contributed by atoms with Gasteiger partial charge in [-0.2, -0.15) is 0 Å². The largest absolute Gasteiger partial charge is 0.338 e. The number of hydrogen-bond donors (Lipinski definition) is 1. The van der Waals surface area contributed by atoms with Gasteiger partial charge in [0.05, 0.1) is 6.26 Å². The van der Waals surface area contributed by atoms with E-state index in [0.29, 0.717) is 30.2 Å². The molecule has 1 fully saturated rings. The Morgan fingerprint density at radius 2 is 2.24 bits per heavy atom. The standard InChI is InChI=1S/C14H19ClN2O3S/c1-21(19,20)16-9-11-4-3-7-17(10-11)14(18)12-5-2-6-13(15)8-12/h2,5-6,8,11,16H,3-4,7,9-10H2,1H3. The fourth-order valence-electron chi connectivity index (χ4n) is 2.49. The van der Waals surface area contributed by atoms with Crippen LogP contribution in [0.1, 0.15) is 23.2 Å². The second-order valence-electron chi connectivity index (χ2n) is 5.39. The van der Waals surface area contributed by atoms with Crippen molar-refractivity contribution in [3.05, 3.63) is 34.9 Å². The number of nitrogens with zero attached hydrogens (tertiary/aromatic N) is 1. The van der Waals surface area contributed by atoms with Crippen LogP contribution in [0, 0.1) is 5.92 Å². The Bertz CT molecular complexity index is 618. The fraction of sp³-hybridized carbons (Fsp3) is 0.500. The summed E-state index contributed by atoms with van der Waals surface area (Å²) in [6.45, 7) is 1.63. The Kier molecular flexibility index (Phi) is 5.24. The number of amides is 1. The zero-order valence-electron chi connectivity index (χ0n) is 11.9. The van der Waals surface area contributed by atoms with E-state index in [1.165, 1.54) is 0 Å². The van der Waals surface area contributed by atoms with Crippen LogP contribution < -0.4 is 4.72 Å². The molecule has 1 N–H and O–H groups in total. The van der Waals surface area contributed by atoms with Crippen molar-refractivity contribution in [2.45, 2.75) is 12.8 Å². The number of nitrogens with one attached hydrogen (secondary N) is 1. The van der Waals surface area contributed by atoms with Crippen LogP contribution in [-0.2, 0) is 10.0 Å². The molecule has 1 amide bonds. The molecule has 0 aromatic heterocycles. The van der Waals surface area contributed by atoms with E-state index in [1.807, 2.05) is 0 Å². The van der Waals surface area contributed by atoms with Crippen molar-refractivity contribution < 1.29 is 13.2 Å². The van der Waals surface area contributed by atoms with E-state index >= 15 is 0 Å². The predicted molar refractivity (Wildman–Crippen MR) is 82.9 cm³/mol. The maximum Gasteiger partial charge on any atom is 0.253 e. The van der Waals surface area contributed by atoms with Gasteiger partial charge in [0.25, 0.3) is 5.91 Å². The van der Waals surface area contributed by atoms with Crippen LogP contribution in [0.3, 0.4) is 0 Å². The van der Waals surface area contributed by atoms with Crippen LogP contribution >= 0.6 is 11.6 Å². The van der Waals surface area contributed by atoms with E-state index in [-0.39, 0.29) is 11.8 Å². The molecule has 116 valence electrons. The monoisotopic (exact) mass is 330 g/mol. The molecule has 1 atom stereocenters. The zero-order valence-corrected chi connectivity index (χ0v) is 13.5. The molecule has 1 saturated heterocycles. The molecule has 5 nitrogen and oxygen atoms in total. The number of benzene rings is 1. The van der Waals surface area contributed by atoms with Crippen LogP contribution in [0.5, 0.6) is 0 Å². The number of sulfonamides is 1. The molecule has 1 aliphatic heterocycles. The van der Waals surface area contributed by atoms with Crippen LogP contribution in [0.4, 0.5) is 0 Å². The summed E-state index contributed by atoms with van der Waals surface area (Å²) in [5.41, 5.74) is 0.569. The number of halogens is 1. The first-order chi connectivity index (χ1) is 9.85. The van der Waals surface area contributed by atoms with E-state index in [2.05, 4.69) is 4.72 Å². The van der Waals surface area contributed by atoms with Crippen LogP contribution in [0.25, 0.3) is 0 Å². The minimum atomic E-state index is -3.19. The van der Waals surface area contributed by atoms with Gasteiger partial charge in [0.1, 0.15) is 0 Å². The van der Waals surface area contributed by atoms with Crippen LogP contribution in [-0.4, -0.2) is 45.1 Å². The summed E-state index contributed by atoms with van der Waals surface area (Å²) < 4.78 is 24.8. The van der Waals surface area contributed by atoms with Gasteiger partial charge in [-0.05, 0) is 37.0 Å². The van der Waals surface area contributed by atoms with Crippen molar-refractivity contribution in [2.75, 3.05) is 25.9 Å². The molecule has 1 aromatic carbocycles. The van der Waals surface area contributed by atoms with Gasteiger partial charge in [0.15, 0.2) is 0 Å². The summed E-state index contributed by atoms with van der Waals surface area (Å²) in [6.07, 6.45) is 2.94. The Morgan fingerprint density at radius 3 is 2.90 bits per heavy atom. The van der Waals surface area contributed by atoms with Crippen molar-refractivity contribution in [2.24, 2.45) is 5.92 Å². The van der Waals surface area contributed by atoms with E-state index in [1.54, 1.807) is 29.2 Å². The smallest absolute Gasteiger partial charge is 0.253 e. The third-order valence-corrected chi connectivity index (χ3v) is 4.44. The van der Waals surface area contributed by atoms with Gasteiger partial charge in [-0.3, -0.25) is 4.79 Å². The van der Waals surface area contributed by atoms with Crippen molar-refractivity contribution in [1.82, 2.24) is 9.62 Å². The average Bonchev–Trinajstić information content (AvgIpc) is 2.44. The second kappa shape index (κ2) is 6.77. The van der Waals surface area contributed by atoms with Crippen molar-refractivity contribution in [3.8, 4) is 0 Å². The lowest BCUT2D eigenvalue weighted by atomic mass is 9.97. The Labute approximate surface area is 130 Å². The first-order valence-electron chi connectivity index (χ1n) is 6.84. The molecule has 1 aromatic rings. The van der Waals surface area contributed by atoms with Gasteiger partial charge >= 0.3 is 0 Å². The lowest BCUT2D eigenvalue weighted by Gasteiger charge is -2.32. The lowest BCUT2D eigenvalue weighted by Crippen LogP contribution is -2.43. The highest BCUT2D eigenvalue weighted by atomic mass is 35.5. The average molecular weight is 331 g/mol. The Morgan fingerprint density at radius 1 is 1.48 bits per heavy atom. The summed E-state index contributed by atoms with van der Waals surface area (Å²) in [4.78, 5) is 14.2. The zero-order chi connectivity index (χ0) is 15.5. The molecule has 0 aliphatic carbocycles. The van der Waals surface area contributed by atoms with E-state index in [4.69, 9.17) is 11.6 Å². The minimum Gasteiger partial charge on any atom is -0.338 e. The van der Waals surface area contributed by atoms with Crippen LogP contribution in [0.15, 0.2) is 24.3 Å². The Balaban J connectivity index is 1.99. The SMILES string of the molecule is CS(=O)(=O)NCC1CCCN(C(=O)c2cccc(Cl)c2)C1. The summed E-state index contributed by atoms with van der Waals surface area (Å²) in [5.74, 6) is 0.0955. The van der Waals surface area contributed by atoms with Gasteiger partial charge in [-0.25, -0.2) is 13.1 Å². The maximum atomic E-state index is 12.4. The van der Waals surface area contributed by atoms with E-state index < -0.39 is 10.0 Å². The topological polar surface area (TPSA) is 66.5 Å². The summed E-state index contributed by atoms with van der Waals surface area (Å²) in [6, 6.07) is 6.88. The maximum absolute atomic E-state index is 12.4. The molecule has 1 aliphatic rings. The Hall–Kier alpha value is -1.11. The highest BCUT2D eigenvalue weighted by Crippen LogP contribution is 2.19. The van der Waals surface area contributed by atoms with Gasteiger partial charge in [-0.1, -0.05) is 17.7 Å². The van der Waals surface area contributed by atoms with Crippen molar-refractivity contribution >= 4 is 27.5 Å². The van der Waals surface area contributed by atoms with Gasteiger partial charge in [-0.15, -0.1) is 0 Å². The quantitative estimate of drug-likeness (QED) is 0.914. The van der Waals surface area contributed by atoms with Crippen molar-refractivity contribution in [3.63, 3.8) is 0 Å². The number of piperidine rings is 1. The second-order valence-corrected chi connectivity index (χ2v) is 7.66. The van der Waals surface area contributed by atoms with Gasteiger partial charge < -0.3 is 4.90 Å². The summed E-state index contributed by atoms with van der Waals surface area (Å²) in [5, 5.41) is 0.535. The highest BCUT2D eigenvalue weighted by Gasteiger charge is 2.25. The lowest BCUT2D eigenvalue weighted by molar-refractivity contribution is 0.0676. The molecule has 0 saturated carbocycles. The number of rotatable bonds is 4. The number of likely N-dealkylation sites (tertiary alicyclic amines) is 1. The first-order valence-corrected chi connectivity index (χ1v) is 9.11. The number of hydrogen-bond acceptors (Lipinski definition) is 3. The van der Waals surface area contributed by atoms with Crippen molar-refractivity contribution in [1.29, 1.82) is 0 Å². The van der Waals surface area contributed by atoms with Crippen LogP contribution in [0.2, 0.25) is 5.02 Å². The minimum absolute atomic E-state index is 0.0541. The van der Waals surface area contributed by atoms with Gasteiger partial charge in [0, 0.05) is 30.2 Å². The first kappa shape index (κ1) is 16.3. The molecule has 0 spiro atoms. The highest BCUT2D eigenvalue weighted by molar-refractivity contribution is 7.88. The normalized spacial score (nSPS) is 19.5. The third-order valence-electron chi connectivity index (χ3n) is 3.51. The summed E-state index contributed by atoms with van der Waals surface area (Å²) in [7, 11) is -3.19. The van der Waals surface area contributed by atoms with E-state index in [0.717, 1.165) is 19.1 Å². The number of carbonyl (C=O) groups is 1. The molecule has 1 heterocycles. The van der Waals surface area contributed by atoms with Gasteiger partial charge in [0.2, 0.25) is 10.0 Å². The van der Waals surface area contributed by atoms with E-state index in [9.17, 15) is 13.2 Å². The molecule has 21 heavy (non-hydrogen) atoms. The molecular weight excluding hydrogens is 312 g/mol. The third kappa shape index (κ3) is 4.98. The molecular formula is C14H19ClN2O3S. The molecule has 7 heteroatoms. The molecule has 1 unspecified atom stereocenters. The molecule has 0 bridgehead atoms. The summed E-state index contributed by atoms with van der Waals surface area (Å²) >= 11 is 5.91. The number of carbonyl (C=O) groups excluding carboxylic acids is 1.